The molecule has 1 unspecified atom stereocenters. The van der Waals surface area contributed by atoms with Gasteiger partial charge < -0.3 is 10.1 Å². The Morgan fingerprint density at radius 3 is 2.78 bits per heavy atom. The van der Waals surface area contributed by atoms with Crippen molar-refractivity contribution in [3.8, 4) is 0 Å². The molecule has 0 saturated heterocycles. The van der Waals surface area contributed by atoms with Crippen LogP contribution >= 0.6 is 11.6 Å². The van der Waals surface area contributed by atoms with Gasteiger partial charge in [-0.1, -0.05) is 23.7 Å². The Kier molecular flexibility index (Phi) is 5.39. The Labute approximate surface area is 111 Å². The van der Waals surface area contributed by atoms with Gasteiger partial charge in [-0.2, -0.15) is 0 Å². The molecule has 0 aliphatic carbocycles. The number of benzene rings is 1. The van der Waals surface area contributed by atoms with Crippen molar-refractivity contribution in [3.05, 3.63) is 41.4 Å². The zero-order valence-corrected chi connectivity index (χ0v) is 10.9. The van der Waals surface area contributed by atoms with Gasteiger partial charge in [0.25, 0.3) is 5.91 Å². The summed E-state index contributed by atoms with van der Waals surface area (Å²) in [6.07, 6.45) is 1.93. The number of carbonyl (C=O) groups is 2. The van der Waals surface area contributed by atoms with Gasteiger partial charge in [0.2, 0.25) is 0 Å². The van der Waals surface area contributed by atoms with E-state index in [-0.39, 0.29) is 0 Å². The van der Waals surface area contributed by atoms with Crippen LogP contribution in [0.5, 0.6) is 0 Å². The number of hydrogen-bond donors (Lipinski definition) is 1. The molecule has 1 rings (SSSR count). The molecule has 0 saturated carbocycles. The number of carbonyl (C=O) groups excluding carboxylic acids is 2. The second-order valence-corrected chi connectivity index (χ2v) is 4.02. The number of amides is 1. The van der Waals surface area contributed by atoms with Gasteiger partial charge in [0.1, 0.15) is 0 Å². The first-order valence-electron chi connectivity index (χ1n) is 5.42. The molecule has 0 bridgehead atoms. The molecule has 96 valence electrons. The van der Waals surface area contributed by atoms with Gasteiger partial charge in [0.05, 0.1) is 0 Å². The predicted octanol–water partition coefficient (Wildman–Crippen LogP) is 2.79. The third kappa shape index (κ3) is 4.59. The van der Waals surface area contributed by atoms with Gasteiger partial charge in [0, 0.05) is 16.8 Å². The molecule has 1 N–H and O–H groups in total. The van der Waals surface area contributed by atoms with Crippen molar-refractivity contribution in [2.24, 2.45) is 0 Å². The molecule has 0 aliphatic rings. The van der Waals surface area contributed by atoms with E-state index in [0.29, 0.717) is 10.7 Å². The van der Waals surface area contributed by atoms with E-state index in [0.717, 1.165) is 0 Å². The molecule has 4 nitrogen and oxygen atoms in total. The molecule has 0 heterocycles. The number of allylic oxidation sites excluding steroid dienone is 1. The number of nitrogens with one attached hydrogen (secondary N) is 1. The zero-order chi connectivity index (χ0) is 13.5. The van der Waals surface area contributed by atoms with Crippen LogP contribution in [0.25, 0.3) is 0 Å². The van der Waals surface area contributed by atoms with E-state index in [1.54, 1.807) is 37.3 Å². The largest absolute Gasteiger partial charge is 0.449 e. The fourth-order valence-corrected chi connectivity index (χ4v) is 1.40. The minimum Gasteiger partial charge on any atom is -0.449 e. The number of rotatable bonds is 4. The van der Waals surface area contributed by atoms with Crippen LogP contribution in [0.1, 0.15) is 13.8 Å². The lowest BCUT2D eigenvalue weighted by molar-refractivity contribution is -0.148. The van der Waals surface area contributed by atoms with Gasteiger partial charge in [-0.25, -0.2) is 4.79 Å². The van der Waals surface area contributed by atoms with E-state index in [9.17, 15) is 9.59 Å². The minimum absolute atomic E-state index is 0.407. The maximum absolute atomic E-state index is 11.7. The van der Waals surface area contributed by atoms with Crippen molar-refractivity contribution in [1.29, 1.82) is 0 Å². The Morgan fingerprint density at radius 2 is 2.17 bits per heavy atom. The Hall–Kier alpha value is -1.81. The average molecular weight is 268 g/mol. The van der Waals surface area contributed by atoms with E-state index in [1.165, 1.54) is 13.0 Å². The second-order valence-electron chi connectivity index (χ2n) is 3.58. The highest BCUT2D eigenvalue weighted by Gasteiger charge is 2.16. The molecule has 1 aromatic carbocycles. The summed E-state index contributed by atoms with van der Waals surface area (Å²) in [5.74, 6) is -0.957. The van der Waals surface area contributed by atoms with Gasteiger partial charge >= 0.3 is 5.97 Å². The van der Waals surface area contributed by atoms with Crippen LogP contribution in [0.4, 0.5) is 5.69 Å². The van der Waals surface area contributed by atoms with Crippen LogP contribution in [0.15, 0.2) is 36.4 Å². The Bertz CT molecular complexity index is 471. The topological polar surface area (TPSA) is 55.4 Å². The average Bonchev–Trinajstić information content (AvgIpc) is 2.29. The van der Waals surface area contributed by atoms with Gasteiger partial charge in [-0.05, 0) is 32.0 Å². The summed E-state index contributed by atoms with van der Waals surface area (Å²) in [6, 6.07) is 6.73. The molecule has 1 amide bonds. The maximum atomic E-state index is 11.7. The highest BCUT2D eigenvalue weighted by Crippen LogP contribution is 2.15. The van der Waals surface area contributed by atoms with Crippen LogP contribution in [-0.2, 0) is 14.3 Å². The molecule has 18 heavy (non-hydrogen) atoms. The summed E-state index contributed by atoms with van der Waals surface area (Å²) >= 11 is 5.79. The lowest BCUT2D eigenvalue weighted by Gasteiger charge is -2.12. The Balaban J connectivity index is 2.57. The molecule has 0 aromatic heterocycles. The standard InChI is InChI=1S/C13H14ClNO3/c1-3-5-12(16)18-9(2)13(17)15-11-7-4-6-10(14)8-11/h3-9H,1-2H3,(H,15,17). The third-order valence-electron chi connectivity index (χ3n) is 2.06. The number of anilines is 1. The first kappa shape index (κ1) is 14.3. The van der Waals surface area contributed by atoms with E-state index in [1.807, 2.05) is 0 Å². The summed E-state index contributed by atoms with van der Waals surface area (Å²) in [4.78, 5) is 22.9. The quantitative estimate of drug-likeness (QED) is 0.674. The fraction of sp³-hybridized carbons (Fsp3) is 0.231. The van der Waals surface area contributed by atoms with Crippen LogP contribution in [-0.4, -0.2) is 18.0 Å². The number of ether oxygens (including phenoxy) is 1. The SMILES string of the molecule is CC=CC(=O)OC(C)C(=O)Nc1cccc(Cl)c1. The summed E-state index contributed by atoms with van der Waals surface area (Å²) in [5.41, 5.74) is 0.557. The monoisotopic (exact) mass is 267 g/mol. The molecule has 0 aliphatic heterocycles. The third-order valence-corrected chi connectivity index (χ3v) is 2.29. The second kappa shape index (κ2) is 6.81. The molecular formula is C13H14ClNO3. The van der Waals surface area contributed by atoms with Crippen LogP contribution in [0.3, 0.4) is 0 Å². The lowest BCUT2D eigenvalue weighted by Crippen LogP contribution is -2.29. The molecule has 5 heteroatoms. The van der Waals surface area contributed by atoms with Crippen molar-refractivity contribution < 1.29 is 14.3 Å². The smallest absolute Gasteiger partial charge is 0.331 e. The molecule has 0 fully saturated rings. The van der Waals surface area contributed by atoms with Crippen molar-refractivity contribution in [3.63, 3.8) is 0 Å². The van der Waals surface area contributed by atoms with E-state index in [4.69, 9.17) is 16.3 Å². The van der Waals surface area contributed by atoms with Crippen LogP contribution in [0, 0.1) is 0 Å². The van der Waals surface area contributed by atoms with Crippen molar-refractivity contribution in [2.75, 3.05) is 5.32 Å². The number of hydrogen-bond acceptors (Lipinski definition) is 3. The number of esters is 1. The van der Waals surface area contributed by atoms with E-state index in [2.05, 4.69) is 5.32 Å². The molecule has 0 spiro atoms. The first-order chi connectivity index (χ1) is 8.52. The van der Waals surface area contributed by atoms with E-state index >= 15 is 0 Å². The van der Waals surface area contributed by atoms with Crippen LogP contribution in [0.2, 0.25) is 5.02 Å². The summed E-state index contributed by atoms with van der Waals surface area (Å²) < 4.78 is 4.88. The maximum Gasteiger partial charge on any atom is 0.331 e. The number of halogens is 1. The van der Waals surface area contributed by atoms with Crippen molar-refractivity contribution in [1.82, 2.24) is 0 Å². The summed E-state index contributed by atoms with van der Waals surface area (Å²) in [6.45, 7) is 3.19. The van der Waals surface area contributed by atoms with Gasteiger partial charge in [-0.3, -0.25) is 4.79 Å². The Morgan fingerprint density at radius 1 is 1.44 bits per heavy atom. The molecule has 0 radical (unpaired) electrons. The highest BCUT2D eigenvalue weighted by atomic mass is 35.5. The normalized spacial score (nSPS) is 12.2. The zero-order valence-electron chi connectivity index (χ0n) is 10.1. The summed E-state index contributed by atoms with van der Waals surface area (Å²) in [5, 5.41) is 3.13. The van der Waals surface area contributed by atoms with Crippen LogP contribution < -0.4 is 5.32 Å². The van der Waals surface area contributed by atoms with E-state index < -0.39 is 18.0 Å². The van der Waals surface area contributed by atoms with Gasteiger partial charge in [0.15, 0.2) is 6.10 Å². The summed E-state index contributed by atoms with van der Waals surface area (Å²) in [7, 11) is 0. The fourth-order valence-electron chi connectivity index (χ4n) is 1.21. The highest BCUT2D eigenvalue weighted by molar-refractivity contribution is 6.30. The predicted molar refractivity (Wildman–Crippen MR) is 70.4 cm³/mol. The van der Waals surface area contributed by atoms with Crippen molar-refractivity contribution >= 4 is 29.2 Å². The minimum atomic E-state index is -0.868. The molecular weight excluding hydrogens is 254 g/mol. The van der Waals surface area contributed by atoms with Crippen molar-refractivity contribution in [2.45, 2.75) is 20.0 Å². The molecule has 1 aromatic rings. The first-order valence-corrected chi connectivity index (χ1v) is 5.80. The molecule has 1 atom stereocenters. The van der Waals surface area contributed by atoms with Gasteiger partial charge in [-0.15, -0.1) is 0 Å². The lowest BCUT2D eigenvalue weighted by atomic mass is 10.3.